The van der Waals surface area contributed by atoms with E-state index >= 15 is 0 Å². The third-order valence-electron chi connectivity index (χ3n) is 2.70. The minimum Gasteiger partial charge on any atom is -0.497 e. The Morgan fingerprint density at radius 3 is 2.78 bits per heavy atom. The number of carboxylic acids is 1. The standard InChI is InChI=1S/C14H21NO3/c1-14(2,8-13(16)17)10-15-9-11-5-4-6-12(7-11)18-3/h4-7,15H,8-10H2,1-3H3,(H,16,17). The Morgan fingerprint density at radius 2 is 2.17 bits per heavy atom. The third kappa shape index (κ3) is 5.19. The van der Waals surface area contributed by atoms with Crippen molar-refractivity contribution in [2.24, 2.45) is 5.41 Å². The van der Waals surface area contributed by atoms with Gasteiger partial charge in [0, 0.05) is 13.1 Å². The highest BCUT2D eigenvalue weighted by Crippen LogP contribution is 2.19. The van der Waals surface area contributed by atoms with Gasteiger partial charge in [0.05, 0.1) is 13.5 Å². The first-order valence-electron chi connectivity index (χ1n) is 5.98. The van der Waals surface area contributed by atoms with Crippen molar-refractivity contribution in [2.45, 2.75) is 26.8 Å². The van der Waals surface area contributed by atoms with Crippen LogP contribution in [0.15, 0.2) is 24.3 Å². The van der Waals surface area contributed by atoms with E-state index in [1.165, 1.54) is 0 Å². The highest BCUT2D eigenvalue weighted by Gasteiger charge is 2.20. The molecule has 1 rings (SSSR count). The summed E-state index contributed by atoms with van der Waals surface area (Å²) in [6.07, 6.45) is 0.165. The van der Waals surface area contributed by atoms with Gasteiger partial charge in [-0.25, -0.2) is 0 Å². The minimum atomic E-state index is -0.761. The van der Waals surface area contributed by atoms with Crippen molar-refractivity contribution in [1.82, 2.24) is 5.32 Å². The molecular formula is C14H21NO3. The van der Waals surface area contributed by atoms with Gasteiger partial charge in [0.25, 0.3) is 0 Å². The zero-order chi connectivity index (χ0) is 13.6. The van der Waals surface area contributed by atoms with E-state index in [0.717, 1.165) is 11.3 Å². The van der Waals surface area contributed by atoms with Gasteiger partial charge in [0.1, 0.15) is 5.75 Å². The van der Waals surface area contributed by atoms with E-state index in [9.17, 15) is 4.79 Å². The zero-order valence-corrected chi connectivity index (χ0v) is 11.2. The maximum absolute atomic E-state index is 10.7. The molecule has 0 spiro atoms. The quantitative estimate of drug-likeness (QED) is 0.780. The Hall–Kier alpha value is -1.55. The van der Waals surface area contributed by atoms with Crippen molar-refractivity contribution in [3.63, 3.8) is 0 Å². The van der Waals surface area contributed by atoms with E-state index in [2.05, 4.69) is 5.32 Å². The van der Waals surface area contributed by atoms with Crippen LogP contribution in [0, 0.1) is 5.41 Å². The van der Waals surface area contributed by atoms with Crippen molar-refractivity contribution in [1.29, 1.82) is 0 Å². The maximum atomic E-state index is 10.7. The summed E-state index contributed by atoms with van der Waals surface area (Å²) < 4.78 is 5.15. The first-order valence-corrected chi connectivity index (χ1v) is 5.98. The van der Waals surface area contributed by atoms with Crippen LogP contribution in [0.5, 0.6) is 5.75 Å². The van der Waals surface area contributed by atoms with Crippen LogP contribution in [0.25, 0.3) is 0 Å². The Balaban J connectivity index is 2.43. The molecule has 1 aromatic carbocycles. The maximum Gasteiger partial charge on any atom is 0.303 e. The smallest absolute Gasteiger partial charge is 0.303 e. The van der Waals surface area contributed by atoms with Crippen molar-refractivity contribution < 1.29 is 14.6 Å². The molecule has 18 heavy (non-hydrogen) atoms. The second kappa shape index (κ2) is 6.40. The van der Waals surface area contributed by atoms with Crippen LogP contribution in [0.1, 0.15) is 25.8 Å². The summed E-state index contributed by atoms with van der Waals surface area (Å²) in [5.74, 6) is 0.0716. The first-order chi connectivity index (χ1) is 8.43. The molecule has 0 saturated carbocycles. The van der Waals surface area contributed by atoms with E-state index < -0.39 is 5.97 Å². The molecular weight excluding hydrogens is 230 g/mol. The van der Waals surface area contributed by atoms with Gasteiger partial charge in [-0.2, -0.15) is 0 Å². The fraction of sp³-hybridized carbons (Fsp3) is 0.500. The van der Waals surface area contributed by atoms with E-state index in [1.807, 2.05) is 38.1 Å². The molecule has 0 atom stereocenters. The van der Waals surface area contributed by atoms with Crippen LogP contribution in [0.2, 0.25) is 0 Å². The lowest BCUT2D eigenvalue weighted by molar-refractivity contribution is -0.139. The zero-order valence-electron chi connectivity index (χ0n) is 11.2. The number of nitrogens with one attached hydrogen (secondary N) is 1. The second-order valence-electron chi connectivity index (χ2n) is 5.19. The normalized spacial score (nSPS) is 11.3. The second-order valence-corrected chi connectivity index (χ2v) is 5.19. The summed E-state index contributed by atoms with van der Waals surface area (Å²) in [5, 5.41) is 12.1. The van der Waals surface area contributed by atoms with Gasteiger partial charge in [-0.1, -0.05) is 26.0 Å². The van der Waals surface area contributed by atoms with Crippen LogP contribution in [-0.2, 0) is 11.3 Å². The van der Waals surface area contributed by atoms with E-state index in [1.54, 1.807) is 7.11 Å². The van der Waals surface area contributed by atoms with Gasteiger partial charge in [-0.15, -0.1) is 0 Å². The molecule has 0 aliphatic carbocycles. The van der Waals surface area contributed by atoms with Gasteiger partial charge < -0.3 is 15.2 Å². The van der Waals surface area contributed by atoms with Gasteiger partial charge in [0.2, 0.25) is 0 Å². The number of rotatable bonds is 7. The van der Waals surface area contributed by atoms with E-state index in [0.29, 0.717) is 13.1 Å². The molecule has 0 aromatic heterocycles. The number of hydrogen-bond acceptors (Lipinski definition) is 3. The minimum absolute atomic E-state index is 0.165. The molecule has 4 nitrogen and oxygen atoms in total. The highest BCUT2D eigenvalue weighted by molar-refractivity contribution is 5.67. The summed E-state index contributed by atoms with van der Waals surface area (Å²) in [6.45, 7) is 5.26. The molecule has 100 valence electrons. The summed E-state index contributed by atoms with van der Waals surface area (Å²) in [5.41, 5.74) is 0.880. The van der Waals surface area contributed by atoms with Gasteiger partial charge in [-0.05, 0) is 23.1 Å². The van der Waals surface area contributed by atoms with Crippen LogP contribution < -0.4 is 10.1 Å². The lowest BCUT2D eigenvalue weighted by atomic mass is 9.89. The molecule has 0 aliphatic rings. The number of carbonyl (C=O) groups is 1. The molecule has 0 unspecified atom stereocenters. The SMILES string of the molecule is COc1cccc(CNCC(C)(C)CC(=O)O)c1. The van der Waals surface area contributed by atoms with Crippen LogP contribution in [-0.4, -0.2) is 24.7 Å². The molecule has 0 saturated heterocycles. The van der Waals surface area contributed by atoms with E-state index in [4.69, 9.17) is 9.84 Å². The molecule has 2 N–H and O–H groups in total. The van der Waals surface area contributed by atoms with Gasteiger partial charge >= 0.3 is 5.97 Å². The average molecular weight is 251 g/mol. The largest absolute Gasteiger partial charge is 0.497 e. The highest BCUT2D eigenvalue weighted by atomic mass is 16.5. The summed E-state index contributed by atoms with van der Waals surface area (Å²) in [6, 6.07) is 7.83. The average Bonchev–Trinajstić information content (AvgIpc) is 2.27. The summed E-state index contributed by atoms with van der Waals surface area (Å²) in [7, 11) is 1.64. The van der Waals surface area contributed by atoms with Crippen LogP contribution in [0.3, 0.4) is 0 Å². The number of carboxylic acid groups (broad SMARTS) is 1. The Kier molecular flexibility index (Phi) is 5.16. The number of benzene rings is 1. The number of hydrogen-bond donors (Lipinski definition) is 2. The number of ether oxygens (including phenoxy) is 1. The van der Waals surface area contributed by atoms with Crippen LogP contribution in [0.4, 0.5) is 0 Å². The monoisotopic (exact) mass is 251 g/mol. The Labute approximate surface area is 108 Å². The lowest BCUT2D eigenvalue weighted by Gasteiger charge is -2.22. The third-order valence-corrected chi connectivity index (χ3v) is 2.70. The molecule has 0 aliphatic heterocycles. The fourth-order valence-corrected chi connectivity index (χ4v) is 1.80. The number of methoxy groups -OCH3 is 1. The fourth-order valence-electron chi connectivity index (χ4n) is 1.80. The number of aliphatic carboxylic acids is 1. The van der Waals surface area contributed by atoms with Crippen molar-refractivity contribution in [3.05, 3.63) is 29.8 Å². The molecule has 0 bridgehead atoms. The molecule has 0 amide bonds. The van der Waals surface area contributed by atoms with Crippen LogP contribution >= 0.6 is 0 Å². The van der Waals surface area contributed by atoms with Crippen molar-refractivity contribution in [2.75, 3.05) is 13.7 Å². The topological polar surface area (TPSA) is 58.6 Å². The van der Waals surface area contributed by atoms with Crippen molar-refractivity contribution in [3.8, 4) is 5.75 Å². The molecule has 0 fully saturated rings. The van der Waals surface area contributed by atoms with Gasteiger partial charge in [0.15, 0.2) is 0 Å². The van der Waals surface area contributed by atoms with E-state index in [-0.39, 0.29) is 11.8 Å². The van der Waals surface area contributed by atoms with Gasteiger partial charge in [-0.3, -0.25) is 4.79 Å². The predicted octanol–water partition coefficient (Wildman–Crippen LogP) is 2.29. The molecule has 0 radical (unpaired) electrons. The lowest BCUT2D eigenvalue weighted by Crippen LogP contribution is -2.31. The molecule has 0 heterocycles. The predicted molar refractivity (Wildman–Crippen MR) is 70.7 cm³/mol. The Bertz CT molecular complexity index is 402. The molecule has 1 aromatic rings. The Morgan fingerprint density at radius 1 is 1.44 bits per heavy atom. The first kappa shape index (κ1) is 14.5. The summed E-state index contributed by atoms with van der Waals surface area (Å²) in [4.78, 5) is 10.7. The summed E-state index contributed by atoms with van der Waals surface area (Å²) >= 11 is 0. The van der Waals surface area contributed by atoms with Crippen molar-refractivity contribution >= 4 is 5.97 Å². The molecule has 4 heteroatoms.